The summed E-state index contributed by atoms with van der Waals surface area (Å²) in [7, 11) is 0. The van der Waals surface area contributed by atoms with E-state index in [0.29, 0.717) is 34.6 Å². The Morgan fingerprint density at radius 1 is 1.21 bits per heavy atom. The van der Waals surface area contributed by atoms with Crippen LogP contribution in [-0.2, 0) is 4.79 Å². The quantitative estimate of drug-likeness (QED) is 0.645. The molecule has 1 aliphatic heterocycles. The number of pyridine rings is 1. The first kappa shape index (κ1) is 21.3. The van der Waals surface area contributed by atoms with E-state index < -0.39 is 0 Å². The highest BCUT2D eigenvalue weighted by atomic mass is 35.5. The van der Waals surface area contributed by atoms with E-state index in [1.165, 1.54) is 0 Å². The van der Waals surface area contributed by atoms with E-state index in [1.54, 1.807) is 42.6 Å². The smallest absolute Gasteiger partial charge is 0.257 e. The molecule has 8 heteroatoms. The second-order valence-corrected chi connectivity index (χ2v) is 7.57. The summed E-state index contributed by atoms with van der Waals surface area (Å²) in [4.78, 5) is 18.3. The van der Waals surface area contributed by atoms with E-state index in [9.17, 15) is 4.79 Å². The molecule has 154 valence electrons. The number of nitrogens with zero attached hydrogens (tertiary/aromatic N) is 2. The van der Waals surface area contributed by atoms with Crippen LogP contribution >= 0.6 is 23.2 Å². The molecule has 1 aromatic heterocycles. The van der Waals surface area contributed by atoms with E-state index in [1.807, 2.05) is 0 Å². The van der Waals surface area contributed by atoms with Crippen molar-refractivity contribution < 1.29 is 14.3 Å². The van der Waals surface area contributed by atoms with Crippen LogP contribution in [0, 0.1) is 0 Å². The fourth-order valence-electron chi connectivity index (χ4n) is 2.95. The van der Waals surface area contributed by atoms with Gasteiger partial charge in [-0.15, -0.1) is 0 Å². The van der Waals surface area contributed by atoms with Crippen LogP contribution in [0.1, 0.15) is 12.8 Å². The zero-order valence-corrected chi connectivity index (χ0v) is 17.5. The minimum absolute atomic E-state index is 0.0399. The first-order chi connectivity index (χ1) is 14.0. The largest absolute Gasteiger partial charge is 0.484 e. The molecule has 1 aliphatic rings. The Labute approximate surface area is 180 Å². The predicted octanol–water partition coefficient (Wildman–Crippen LogP) is 3.94. The van der Waals surface area contributed by atoms with E-state index >= 15 is 0 Å². The van der Waals surface area contributed by atoms with Crippen LogP contribution in [0.5, 0.6) is 11.6 Å². The van der Waals surface area contributed by atoms with E-state index in [2.05, 4.69) is 21.8 Å². The molecule has 1 fully saturated rings. The Hall–Kier alpha value is -2.44. The van der Waals surface area contributed by atoms with Crippen molar-refractivity contribution in [3.63, 3.8) is 0 Å². The first-order valence-corrected chi connectivity index (χ1v) is 10.1. The Kier molecular flexibility index (Phi) is 7.61. The molecule has 0 bridgehead atoms. The second-order valence-electron chi connectivity index (χ2n) is 6.70. The Morgan fingerprint density at radius 3 is 2.69 bits per heavy atom. The maximum Gasteiger partial charge on any atom is 0.257 e. The Balaban J connectivity index is 1.32. The lowest BCUT2D eigenvalue weighted by atomic mass is 10.3. The molecule has 6 nitrogen and oxygen atoms in total. The molecule has 0 aliphatic carbocycles. The number of rotatable bonds is 9. The fraction of sp³-hybridized carbons (Fsp3) is 0.333. The Bertz CT molecular complexity index is 828. The highest BCUT2D eigenvalue weighted by Gasteiger charge is 2.25. The van der Waals surface area contributed by atoms with Gasteiger partial charge in [0.25, 0.3) is 5.91 Å². The fourth-order valence-corrected chi connectivity index (χ4v) is 3.19. The molecule has 1 amide bonds. The highest BCUT2D eigenvalue weighted by molar-refractivity contribution is 6.30. The molecular formula is C21H23Cl2N3O3. The summed E-state index contributed by atoms with van der Waals surface area (Å²) in [6, 6.07) is 10.4. The molecule has 29 heavy (non-hydrogen) atoms. The zero-order valence-electron chi connectivity index (χ0n) is 15.9. The maximum absolute atomic E-state index is 11.9. The number of nitrogens with one attached hydrogen (secondary N) is 1. The van der Waals surface area contributed by atoms with Crippen LogP contribution in [0.25, 0.3) is 0 Å². The summed E-state index contributed by atoms with van der Waals surface area (Å²) in [6.07, 6.45) is 3.19. The number of carbonyl (C=O) groups is 1. The third kappa shape index (κ3) is 6.84. The summed E-state index contributed by atoms with van der Waals surface area (Å²) in [5.74, 6) is 0.997. The number of benzene rings is 1. The van der Waals surface area contributed by atoms with Crippen LogP contribution in [0.2, 0.25) is 10.0 Å². The van der Waals surface area contributed by atoms with Gasteiger partial charge in [-0.3, -0.25) is 4.79 Å². The van der Waals surface area contributed by atoms with Gasteiger partial charge in [-0.2, -0.15) is 0 Å². The van der Waals surface area contributed by atoms with Crippen molar-refractivity contribution in [1.29, 1.82) is 0 Å². The van der Waals surface area contributed by atoms with Gasteiger partial charge in [0.05, 0.1) is 11.6 Å². The molecule has 1 unspecified atom stereocenters. The molecule has 0 radical (unpaired) electrons. The van der Waals surface area contributed by atoms with Crippen molar-refractivity contribution >= 4 is 29.1 Å². The van der Waals surface area contributed by atoms with Gasteiger partial charge in [0.2, 0.25) is 5.88 Å². The van der Waals surface area contributed by atoms with Gasteiger partial charge in [-0.1, -0.05) is 29.8 Å². The molecule has 0 spiro atoms. The maximum atomic E-state index is 11.9. The van der Waals surface area contributed by atoms with Crippen LogP contribution in [0.15, 0.2) is 54.9 Å². The number of ether oxygens (including phenoxy) is 2. The average Bonchev–Trinajstić information content (AvgIpc) is 3.18. The van der Waals surface area contributed by atoms with Crippen LogP contribution in [0.3, 0.4) is 0 Å². The molecule has 2 aromatic rings. The summed E-state index contributed by atoms with van der Waals surface area (Å²) in [5.41, 5.74) is 0.971. The van der Waals surface area contributed by atoms with Crippen LogP contribution < -0.4 is 14.8 Å². The van der Waals surface area contributed by atoms with E-state index in [4.69, 9.17) is 32.7 Å². The van der Waals surface area contributed by atoms with Crippen LogP contribution in [0.4, 0.5) is 0 Å². The second kappa shape index (κ2) is 10.4. The first-order valence-electron chi connectivity index (χ1n) is 9.35. The topological polar surface area (TPSA) is 63.7 Å². The van der Waals surface area contributed by atoms with E-state index in [-0.39, 0.29) is 18.6 Å². The standard InChI is InChI=1S/C21H23Cl2N3O3/c1-15(8-10-24-20(27)14-28-18-5-2-16(22)3-6-18)26-11-9-19(13-26)29-21-7-4-17(23)12-25-21/h2-7,12,19H,1,8-11,13-14H2,(H,24,27). The number of hydrogen-bond donors (Lipinski definition) is 1. The molecule has 0 saturated carbocycles. The third-order valence-corrected chi connectivity index (χ3v) is 4.97. The third-order valence-electron chi connectivity index (χ3n) is 4.50. The lowest BCUT2D eigenvalue weighted by molar-refractivity contribution is -0.123. The van der Waals surface area contributed by atoms with Gasteiger partial charge in [0, 0.05) is 48.9 Å². The zero-order chi connectivity index (χ0) is 20.6. The van der Waals surface area contributed by atoms with Gasteiger partial charge in [0.1, 0.15) is 11.9 Å². The minimum Gasteiger partial charge on any atom is -0.484 e. The summed E-state index contributed by atoms with van der Waals surface area (Å²) >= 11 is 11.7. The Morgan fingerprint density at radius 2 is 1.97 bits per heavy atom. The van der Waals surface area contributed by atoms with Crippen LogP contribution in [-0.4, -0.2) is 48.1 Å². The van der Waals surface area contributed by atoms with Gasteiger partial charge in [-0.05, 0) is 30.3 Å². The minimum atomic E-state index is -0.177. The normalized spacial score (nSPS) is 15.8. The molecule has 1 N–H and O–H groups in total. The SMILES string of the molecule is C=C(CCNC(=O)COc1ccc(Cl)cc1)N1CCC(Oc2ccc(Cl)cn2)C1. The number of halogens is 2. The van der Waals surface area contributed by atoms with Crippen molar-refractivity contribution in [2.24, 2.45) is 0 Å². The predicted molar refractivity (Wildman–Crippen MR) is 114 cm³/mol. The van der Waals surface area contributed by atoms with Crippen molar-refractivity contribution in [3.05, 3.63) is 64.9 Å². The van der Waals surface area contributed by atoms with Crippen molar-refractivity contribution in [2.45, 2.75) is 18.9 Å². The molecular weight excluding hydrogens is 413 g/mol. The monoisotopic (exact) mass is 435 g/mol. The van der Waals surface area contributed by atoms with Gasteiger partial charge < -0.3 is 19.7 Å². The van der Waals surface area contributed by atoms with Gasteiger partial charge in [0.15, 0.2) is 6.61 Å². The summed E-state index contributed by atoms with van der Waals surface area (Å²) in [5, 5.41) is 4.05. The summed E-state index contributed by atoms with van der Waals surface area (Å²) in [6.45, 7) is 6.21. The summed E-state index contributed by atoms with van der Waals surface area (Å²) < 4.78 is 11.3. The highest BCUT2D eigenvalue weighted by Crippen LogP contribution is 2.21. The molecule has 3 rings (SSSR count). The van der Waals surface area contributed by atoms with Gasteiger partial charge in [-0.25, -0.2) is 4.98 Å². The number of carbonyl (C=O) groups excluding carboxylic acids is 1. The van der Waals surface area contributed by atoms with Crippen molar-refractivity contribution in [3.8, 4) is 11.6 Å². The van der Waals surface area contributed by atoms with Gasteiger partial charge >= 0.3 is 0 Å². The van der Waals surface area contributed by atoms with Crippen molar-refractivity contribution in [2.75, 3.05) is 26.2 Å². The average molecular weight is 436 g/mol. The number of hydrogen-bond acceptors (Lipinski definition) is 5. The van der Waals surface area contributed by atoms with Crippen molar-refractivity contribution in [1.82, 2.24) is 15.2 Å². The molecule has 2 heterocycles. The lowest BCUT2D eigenvalue weighted by Crippen LogP contribution is -2.31. The molecule has 1 atom stereocenters. The van der Waals surface area contributed by atoms with E-state index in [0.717, 1.165) is 25.2 Å². The molecule has 1 saturated heterocycles. The number of aromatic nitrogens is 1. The number of likely N-dealkylation sites (tertiary alicyclic amines) is 1. The lowest BCUT2D eigenvalue weighted by Gasteiger charge is -2.21. The number of amides is 1. The molecule has 1 aromatic carbocycles.